The molecule has 1 aliphatic heterocycles. The smallest absolute Gasteiger partial charge is 0.126 e. The van der Waals surface area contributed by atoms with E-state index in [4.69, 9.17) is 4.74 Å². The highest BCUT2D eigenvalue weighted by atomic mass is 16.5. The average molecular weight is 292 g/mol. The van der Waals surface area contributed by atoms with E-state index in [1.807, 2.05) is 12.1 Å². The number of methoxy groups -OCH3 is 1. The summed E-state index contributed by atoms with van der Waals surface area (Å²) < 4.78 is 5.42. The van der Waals surface area contributed by atoms with Gasteiger partial charge in [-0.25, -0.2) is 0 Å². The summed E-state index contributed by atoms with van der Waals surface area (Å²) in [5.74, 6) is 1.55. The molecule has 1 unspecified atom stereocenters. The maximum absolute atomic E-state index is 10.1. The van der Waals surface area contributed by atoms with Crippen LogP contribution in [-0.2, 0) is 0 Å². The number of piperidine rings is 1. The van der Waals surface area contributed by atoms with Gasteiger partial charge in [0.05, 0.1) is 13.2 Å². The lowest BCUT2D eigenvalue weighted by Gasteiger charge is -2.36. The molecular weight excluding hydrogens is 264 g/mol. The Kier molecular flexibility index (Phi) is 5.48. The molecule has 1 fully saturated rings. The highest BCUT2D eigenvalue weighted by Crippen LogP contribution is 2.36. The van der Waals surface area contributed by atoms with Gasteiger partial charge in [0.2, 0.25) is 0 Å². The Bertz CT molecular complexity index is 452. The van der Waals surface area contributed by atoms with E-state index in [1.54, 1.807) is 14.0 Å². The first kappa shape index (κ1) is 16.1. The minimum atomic E-state index is -0.518. The van der Waals surface area contributed by atoms with E-state index in [2.05, 4.69) is 30.0 Å². The van der Waals surface area contributed by atoms with Crippen LogP contribution >= 0.6 is 0 Å². The molecule has 1 heterocycles. The van der Waals surface area contributed by atoms with Gasteiger partial charge in [0.25, 0.3) is 0 Å². The molecule has 2 rings (SSSR count). The maximum atomic E-state index is 10.1. The van der Waals surface area contributed by atoms with Crippen LogP contribution in [0.3, 0.4) is 0 Å². The SMILES string of the molecule is COc1cccc(N2CCC(CN(C)C)CC2)c1C(C)O. The van der Waals surface area contributed by atoms with E-state index in [-0.39, 0.29) is 0 Å². The number of ether oxygens (including phenoxy) is 1. The van der Waals surface area contributed by atoms with E-state index in [1.165, 1.54) is 12.8 Å². The van der Waals surface area contributed by atoms with Crippen LogP contribution in [0, 0.1) is 5.92 Å². The van der Waals surface area contributed by atoms with Gasteiger partial charge in [-0.05, 0) is 51.9 Å². The van der Waals surface area contributed by atoms with Crippen LogP contribution in [0.1, 0.15) is 31.4 Å². The molecule has 0 amide bonds. The molecule has 21 heavy (non-hydrogen) atoms. The van der Waals surface area contributed by atoms with Crippen LogP contribution in [0.25, 0.3) is 0 Å². The van der Waals surface area contributed by atoms with E-state index in [0.29, 0.717) is 0 Å². The fourth-order valence-corrected chi connectivity index (χ4v) is 3.28. The number of rotatable bonds is 5. The van der Waals surface area contributed by atoms with Gasteiger partial charge in [-0.2, -0.15) is 0 Å². The summed E-state index contributed by atoms with van der Waals surface area (Å²) in [5, 5.41) is 10.1. The van der Waals surface area contributed by atoms with Crippen LogP contribution in [0.4, 0.5) is 5.69 Å². The van der Waals surface area contributed by atoms with Crippen LogP contribution in [0.5, 0.6) is 5.75 Å². The monoisotopic (exact) mass is 292 g/mol. The third-order valence-electron chi connectivity index (χ3n) is 4.26. The van der Waals surface area contributed by atoms with Gasteiger partial charge in [-0.15, -0.1) is 0 Å². The third-order valence-corrected chi connectivity index (χ3v) is 4.26. The zero-order chi connectivity index (χ0) is 15.4. The normalized spacial score (nSPS) is 18.1. The Morgan fingerprint density at radius 3 is 2.52 bits per heavy atom. The van der Waals surface area contributed by atoms with Gasteiger partial charge in [0.1, 0.15) is 5.75 Å². The number of anilines is 1. The first-order valence-electron chi connectivity index (χ1n) is 7.77. The predicted molar refractivity (Wildman–Crippen MR) is 87.1 cm³/mol. The number of nitrogens with zero attached hydrogens (tertiary/aromatic N) is 2. The fourth-order valence-electron chi connectivity index (χ4n) is 3.28. The second-order valence-electron chi connectivity index (χ2n) is 6.26. The molecule has 1 saturated heterocycles. The lowest BCUT2D eigenvalue weighted by molar-refractivity contribution is 0.194. The van der Waals surface area contributed by atoms with Crippen LogP contribution in [0.2, 0.25) is 0 Å². The predicted octanol–water partition coefficient (Wildman–Crippen LogP) is 2.53. The molecule has 4 nitrogen and oxygen atoms in total. The van der Waals surface area contributed by atoms with E-state index in [9.17, 15) is 5.11 Å². The molecule has 0 aromatic heterocycles. The maximum Gasteiger partial charge on any atom is 0.126 e. The molecule has 0 saturated carbocycles. The summed E-state index contributed by atoms with van der Waals surface area (Å²) in [6, 6.07) is 6.02. The van der Waals surface area contributed by atoms with Crippen molar-refractivity contribution in [2.45, 2.75) is 25.9 Å². The molecule has 0 spiro atoms. The number of aliphatic hydroxyl groups is 1. The highest BCUT2D eigenvalue weighted by Gasteiger charge is 2.24. The summed E-state index contributed by atoms with van der Waals surface area (Å²) in [5.41, 5.74) is 2.03. The first-order chi connectivity index (χ1) is 10.0. The van der Waals surface area contributed by atoms with E-state index < -0.39 is 6.10 Å². The van der Waals surface area contributed by atoms with Crippen molar-refractivity contribution in [1.29, 1.82) is 0 Å². The Hall–Kier alpha value is -1.26. The summed E-state index contributed by atoms with van der Waals surface area (Å²) in [4.78, 5) is 4.66. The minimum Gasteiger partial charge on any atom is -0.496 e. The molecule has 1 N–H and O–H groups in total. The molecule has 1 aliphatic rings. The standard InChI is InChI=1S/C17H28N2O2/c1-13(20)17-15(6-5-7-16(17)21-4)19-10-8-14(9-11-19)12-18(2)3/h5-7,13-14,20H,8-12H2,1-4H3. The van der Waals surface area contributed by atoms with Crippen molar-refractivity contribution in [2.24, 2.45) is 5.92 Å². The van der Waals surface area contributed by atoms with E-state index >= 15 is 0 Å². The molecule has 0 radical (unpaired) electrons. The van der Waals surface area contributed by atoms with Crippen molar-refractivity contribution >= 4 is 5.69 Å². The summed E-state index contributed by atoms with van der Waals surface area (Å²) in [6.07, 6.45) is 1.89. The quantitative estimate of drug-likeness (QED) is 0.904. The van der Waals surface area contributed by atoms with Crippen molar-refractivity contribution in [3.8, 4) is 5.75 Å². The lowest BCUT2D eigenvalue weighted by atomic mass is 9.95. The number of hydrogen-bond acceptors (Lipinski definition) is 4. The average Bonchev–Trinajstić information content (AvgIpc) is 2.46. The second-order valence-corrected chi connectivity index (χ2v) is 6.26. The van der Waals surface area contributed by atoms with Crippen LogP contribution < -0.4 is 9.64 Å². The summed E-state index contributed by atoms with van der Waals surface area (Å²) >= 11 is 0. The topological polar surface area (TPSA) is 35.9 Å². The zero-order valence-electron chi connectivity index (χ0n) is 13.7. The molecular formula is C17H28N2O2. The van der Waals surface area contributed by atoms with Gasteiger partial charge >= 0.3 is 0 Å². The largest absolute Gasteiger partial charge is 0.496 e. The Morgan fingerprint density at radius 2 is 2.00 bits per heavy atom. The van der Waals surface area contributed by atoms with Crippen molar-refractivity contribution < 1.29 is 9.84 Å². The lowest BCUT2D eigenvalue weighted by Crippen LogP contribution is -2.37. The number of benzene rings is 1. The van der Waals surface area contributed by atoms with Gasteiger partial charge < -0.3 is 19.6 Å². The molecule has 1 atom stereocenters. The molecule has 0 aliphatic carbocycles. The van der Waals surface area contributed by atoms with Crippen molar-refractivity contribution in [2.75, 3.05) is 45.7 Å². The molecule has 118 valence electrons. The van der Waals surface area contributed by atoms with Crippen LogP contribution in [0.15, 0.2) is 18.2 Å². The number of aliphatic hydroxyl groups excluding tert-OH is 1. The van der Waals surface area contributed by atoms with Crippen molar-refractivity contribution in [3.63, 3.8) is 0 Å². The van der Waals surface area contributed by atoms with Crippen LogP contribution in [-0.4, -0.2) is 50.8 Å². The molecule has 1 aromatic rings. The first-order valence-corrected chi connectivity index (χ1v) is 7.77. The van der Waals surface area contributed by atoms with Crippen molar-refractivity contribution in [1.82, 2.24) is 4.90 Å². The van der Waals surface area contributed by atoms with Gasteiger partial charge in [-0.3, -0.25) is 0 Å². The highest BCUT2D eigenvalue weighted by molar-refractivity contribution is 5.60. The van der Waals surface area contributed by atoms with E-state index in [0.717, 1.165) is 42.6 Å². The van der Waals surface area contributed by atoms with Crippen molar-refractivity contribution in [3.05, 3.63) is 23.8 Å². The third kappa shape index (κ3) is 3.89. The second kappa shape index (κ2) is 7.14. The van der Waals surface area contributed by atoms with Gasteiger partial charge in [-0.1, -0.05) is 6.07 Å². The van der Waals surface area contributed by atoms with Gasteiger partial charge in [0.15, 0.2) is 0 Å². The fraction of sp³-hybridized carbons (Fsp3) is 0.647. The molecule has 1 aromatic carbocycles. The Balaban J connectivity index is 2.13. The van der Waals surface area contributed by atoms with Gasteiger partial charge in [0, 0.05) is 30.9 Å². The summed E-state index contributed by atoms with van der Waals surface area (Å²) in [7, 11) is 5.94. The summed E-state index contributed by atoms with van der Waals surface area (Å²) in [6.45, 7) is 5.06. The molecule has 0 bridgehead atoms. The Labute approximate surface area is 128 Å². The molecule has 4 heteroatoms. The Morgan fingerprint density at radius 1 is 1.33 bits per heavy atom. The number of hydrogen-bond donors (Lipinski definition) is 1. The minimum absolute atomic E-state index is 0.518. The zero-order valence-corrected chi connectivity index (χ0v) is 13.7.